The molecule has 3 N–H and O–H groups in total. The molecule has 1 amide bonds. The van der Waals surface area contributed by atoms with Crippen LogP contribution in [0.4, 0.5) is 0 Å². The summed E-state index contributed by atoms with van der Waals surface area (Å²) in [5.41, 5.74) is -0.395. The average molecular weight is 296 g/mol. The molecule has 0 fully saturated rings. The molecule has 0 aliphatic rings. The van der Waals surface area contributed by atoms with Crippen LogP contribution in [-0.4, -0.2) is 39.9 Å². The van der Waals surface area contributed by atoms with Gasteiger partial charge in [0.2, 0.25) is 5.91 Å². The minimum Gasteiger partial charge on any atom is -0.462 e. The summed E-state index contributed by atoms with van der Waals surface area (Å²) in [5, 5.41) is 23.3. The van der Waals surface area contributed by atoms with Gasteiger partial charge >= 0.3 is 0 Å². The molecule has 2 rings (SSSR count). The second-order valence-corrected chi connectivity index (χ2v) is 5.58. The number of hydrogen-bond donors (Lipinski definition) is 3. The van der Waals surface area contributed by atoms with Crippen molar-refractivity contribution in [2.24, 2.45) is 0 Å². The number of furan rings is 1. The lowest BCUT2D eigenvalue weighted by atomic mass is 10.1. The van der Waals surface area contributed by atoms with Gasteiger partial charge in [0, 0.05) is 5.38 Å². The van der Waals surface area contributed by atoms with Crippen LogP contribution >= 0.6 is 11.3 Å². The van der Waals surface area contributed by atoms with Crippen LogP contribution in [0.1, 0.15) is 12.6 Å². The van der Waals surface area contributed by atoms with E-state index in [-0.39, 0.29) is 25.5 Å². The van der Waals surface area contributed by atoms with Crippen molar-refractivity contribution < 1.29 is 19.4 Å². The summed E-state index contributed by atoms with van der Waals surface area (Å²) in [6.45, 7) is 0.911. The largest absolute Gasteiger partial charge is 0.462 e. The Morgan fingerprint density at radius 2 is 2.25 bits per heavy atom. The number of hydrogen-bond acceptors (Lipinski definition) is 6. The van der Waals surface area contributed by atoms with Gasteiger partial charge in [-0.1, -0.05) is 0 Å². The Morgan fingerprint density at radius 3 is 2.85 bits per heavy atom. The van der Waals surface area contributed by atoms with Gasteiger partial charge in [0.15, 0.2) is 10.8 Å². The summed E-state index contributed by atoms with van der Waals surface area (Å²) < 4.78 is 5.23. The van der Waals surface area contributed by atoms with Crippen LogP contribution in [0.2, 0.25) is 0 Å². The number of aliphatic hydroxyl groups is 2. The molecule has 0 aliphatic carbocycles. The van der Waals surface area contributed by atoms with E-state index < -0.39 is 5.54 Å². The van der Waals surface area contributed by atoms with E-state index in [1.54, 1.807) is 30.7 Å². The third-order valence-electron chi connectivity index (χ3n) is 2.76. The van der Waals surface area contributed by atoms with Gasteiger partial charge in [0.1, 0.15) is 0 Å². The fourth-order valence-electron chi connectivity index (χ4n) is 1.58. The van der Waals surface area contributed by atoms with Crippen LogP contribution in [0.5, 0.6) is 0 Å². The standard InChI is InChI=1S/C13H16N2O4S/c1-13(7-16,8-17)15-11(18)5-9-6-20-12(14-9)10-3-2-4-19-10/h2-4,6,16-17H,5,7-8H2,1H3,(H,15,18). The van der Waals surface area contributed by atoms with Crippen molar-refractivity contribution in [2.45, 2.75) is 18.9 Å². The number of thiazole rings is 1. The van der Waals surface area contributed by atoms with Gasteiger partial charge in [-0.25, -0.2) is 4.98 Å². The monoisotopic (exact) mass is 296 g/mol. The third-order valence-corrected chi connectivity index (χ3v) is 3.67. The number of aliphatic hydroxyl groups excluding tert-OH is 2. The molecule has 7 heteroatoms. The van der Waals surface area contributed by atoms with Crippen molar-refractivity contribution in [3.05, 3.63) is 29.5 Å². The van der Waals surface area contributed by atoms with Crippen LogP contribution in [0.3, 0.4) is 0 Å². The van der Waals surface area contributed by atoms with E-state index in [2.05, 4.69) is 10.3 Å². The maximum Gasteiger partial charge on any atom is 0.226 e. The molecule has 0 radical (unpaired) electrons. The fraction of sp³-hybridized carbons (Fsp3) is 0.385. The molecular formula is C13H16N2O4S. The van der Waals surface area contributed by atoms with Gasteiger partial charge in [-0.2, -0.15) is 0 Å². The maximum absolute atomic E-state index is 11.8. The molecule has 0 atom stereocenters. The second kappa shape index (κ2) is 6.17. The van der Waals surface area contributed by atoms with Crippen molar-refractivity contribution in [3.63, 3.8) is 0 Å². The summed E-state index contributed by atoms with van der Waals surface area (Å²) in [6.07, 6.45) is 1.66. The molecule has 0 aliphatic heterocycles. The molecular weight excluding hydrogens is 280 g/mol. The van der Waals surface area contributed by atoms with Gasteiger partial charge < -0.3 is 19.9 Å². The zero-order chi connectivity index (χ0) is 14.6. The molecule has 0 unspecified atom stereocenters. The molecule has 6 nitrogen and oxygen atoms in total. The van der Waals surface area contributed by atoms with E-state index in [0.717, 1.165) is 0 Å². The van der Waals surface area contributed by atoms with E-state index >= 15 is 0 Å². The molecule has 2 aromatic rings. The number of amides is 1. The molecule has 108 valence electrons. The highest BCUT2D eigenvalue weighted by Crippen LogP contribution is 2.24. The molecule has 0 saturated carbocycles. The molecule has 2 aromatic heterocycles. The SMILES string of the molecule is CC(CO)(CO)NC(=O)Cc1csc(-c2ccco2)n1. The van der Waals surface area contributed by atoms with Crippen LogP contribution < -0.4 is 5.32 Å². The fourth-order valence-corrected chi connectivity index (χ4v) is 2.36. The van der Waals surface area contributed by atoms with Gasteiger partial charge in [0.25, 0.3) is 0 Å². The predicted octanol–water partition coefficient (Wildman–Crippen LogP) is 0.805. The van der Waals surface area contributed by atoms with Crippen molar-refractivity contribution in [2.75, 3.05) is 13.2 Å². The van der Waals surface area contributed by atoms with Crippen LogP contribution in [0.15, 0.2) is 28.2 Å². The maximum atomic E-state index is 11.8. The van der Waals surface area contributed by atoms with Crippen LogP contribution in [0.25, 0.3) is 10.8 Å². The number of nitrogens with one attached hydrogen (secondary N) is 1. The van der Waals surface area contributed by atoms with Gasteiger partial charge in [-0.15, -0.1) is 11.3 Å². The first-order chi connectivity index (χ1) is 9.56. The van der Waals surface area contributed by atoms with Crippen LogP contribution in [0, 0.1) is 0 Å². The minimum absolute atomic E-state index is 0.0901. The smallest absolute Gasteiger partial charge is 0.226 e. The molecule has 2 heterocycles. The first-order valence-corrected chi connectivity index (χ1v) is 6.95. The van der Waals surface area contributed by atoms with E-state index in [0.29, 0.717) is 16.5 Å². The number of aromatic nitrogens is 1. The van der Waals surface area contributed by atoms with E-state index in [1.165, 1.54) is 11.3 Å². The number of carbonyl (C=O) groups excluding carboxylic acids is 1. The first kappa shape index (κ1) is 14.7. The third kappa shape index (κ3) is 3.44. The summed E-state index contributed by atoms with van der Waals surface area (Å²) in [5.74, 6) is 0.365. The molecule has 0 bridgehead atoms. The Balaban J connectivity index is 1.99. The average Bonchev–Trinajstić information content (AvgIpc) is 3.08. The summed E-state index contributed by atoms with van der Waals surface area (Å²) in [4.78, 5) is 16.2. The Morgan fingerprint density at radius 1 is 1.50 bits per heavy atom. The molecule has 20 heavy (non-hydrogen) atoms. The van der Waals surface area contributed by atoms with Gasteiger partial charge in [-0.3, -0.25) is 4.79 Å². The van der Waals surface area contributed by atoms with E-state index in [4.69, 9.17) is 14.6 Å². The van der Waals surface area contributed by atoms with E-state index in [9.17, 15) is 4.79 Å². The van der Waals surface area contributed by atoms with Crippen molar-refractivity contribution in [3.8, 4) is 10.8 Å². The second-order valence-electron chi connectivity index (χ2n) is 4.72. The lowest BCUT2D eigenvalue weighted by molar-refractivity contribution is -0.123. The van der Waals surface area contributed by atoms with Gasteiger partial charge in [0.05, 0.1) is 37.1 Å². The summed E-state index contributed by atoms with van der Waals surface area (Å²) in [7, 11) is 0. The Hall–Kier alpha value is -1.70. The minimum atomic E-state index is -1.02. The Bertz CT molecular complexity index is 561. The quantitative estimate of drug-likeness (QED) is 0.733. The first-order valence-electron chi connectivity index (χ1n) is 6.07. The highest BCUT2D eigenvalue weighted by Gasteiger charge is 2.24. The number of nitrogens with zero attached hydrogens (tertiary/aromatic N) is 1. The highest BCUT2D eigenvalue weighted by atomic mass is 32.1. The topological polar surface area (TPSA) is 95.6 Å². The van der Waals surface area contributed by atoms with E-state index in [1.807, 2.05) is 0 Å². The van der Waals surface area contributed by atoms with Gasteiger partial charge in [-0.05, 0) is 19.1 Å². The summed E-state index contributed by atoms with van der Waals surface area (Å²) >= 11 is 1.40. The molecule has 0 aromatic carbocycles. The van der Waals surface area contributed by atoms with Crippen molar-refractivity contribution in [1.82, 2.24) is 10.3 Å². The number of rotatable bonds is 6. The lowest BCUT2D eigenvalue weighted by Crippen LogP contribution is -2.52. The Kier molecular flexibility index (Phi) is 4.53. The molecule has 0 saturated heterocycles. The lowest BCUT2D eigenvalue weighted by Gasteiger charge is -2.25. The van der Waals surface area contributed by atoms with Crippen molar-refractivity contribution in [1.29, 1.82) is 0 Å². The number of carbonyl (C=O) groups is 1. The van der Waals surface area contributed by atoms with Crippen molar-refractivity contribution >= 4 is 17.2 Å². The molecule has 0 spiro atoms. The summed E-state index contributed by atoms with van der Waals surface area (Å²) in [6, 6.07) is 3.58. The highest BCUT2D eigenvalue weighted by molar-refractivity contribution is 7.13. The zero-order valence-electron chi connectivity index (χ0n) is 11.0. The predicted molar refractivity (Wildman–Crippen MR) is 74.2 cm³/mol. The zero-order valence-corrected chi connectivity index (χ0v) is 11.8. The Labute approximate surface area is 120 Å². The van der Waals surface area contributed by atoms with Crippen LogP contribution in [-0.2, 0) is 11.2 Å². The normalized spacial score (nSPS) is 11.6.